The summed E-state index contributed by atoms with van der Waals surface area (Å²) in [6.45, 7) is 0.360. The number of nitrogens with one attached hydrogen (secondary N) is 1. The normalized spacial score (nSPS) is 16.8. The molecule has 0 spiro atoms. The first-order chi connectivity index (χ1) is 11.7. The molecule has 0 saturated carbocycles. The minimum atomic E-state index is -3.94. The van der Waals surface area contributed by atoms with Gasteiger partial charge in [0.25, 0.3) is 10.0 Å². The summed E-state index contributed by atoms with van der Waals surface area (Å²) in [5.74, 6) is -0.475. The molecule has 3 rings (SSSR count). The summed E-state index contributed by atoms with van der Waals surface area (Å²) in [5.41, 5.74) is 0.485. The topological polar surface area (TPSA) is 83.6 Å². The predicted molar refractivity (Wildman–Crippen MR) is 94.4 cm³/mol. The highest BCUT2D eigenvalue weighted by Crippen LogP contribution is 2.32. The molecule has 1 saturated heterocycles. The number of nitrogens with zero attached hydrogens (tertiary/aromatic N) is 1. The summed E-state index contributed by atoms with van der Waals surface area (Å²) in [6, 6.07) is 8.62. The van der Waals surface area contributed by atoms with Crippen LogP contribution in [0.5, 0.6) is 0 Å². The van der Waals surface area contributed by atoms with Crippen molar-refractivity contribution in [2.75, 3.05) is 21.3 Å². The first-order valence-corrected chi connectivity index (χ1v) is 10.7. The molecule has 134 valence electrons. The molecule has 1 fully saturated rings. The van der Waals surface area contributed by atoms with Crippen molar-refractivity contribution in [1.29, 1.82) is 0 Å². The molecular weight excluding hydrogens is 391 g/mol. The maximum absolute atomic E-state index is 12.9. The van der Waals surface area contributed by atoms with Crippen molar-refractivity contribution in [2.24, 2.45) is 0 Å². The van der Waals surface area contributed by atoms with Gasteiger partial charge < -0.3 is 0 Å². The molecule has 1 heterocycles. The van der Waals surface area contributed by atoms with Crippen molar-refractivity contribution in [3.8, 4) is 0 Å². The summed E-state index contributed by atoms with van der Waals surface area (Å²) in [4.78, 5) is -0.115. The van der Waals surface area contributed by atoms with Gasteiger partial charge in [0, 0.05) is 6.54 Å². The highest BCUT2D eigenvalue weighted by Gasteiger charge is 2.29. The fourth-order valence-corrected chi connectivity index (χ4v) is 5.40. The van der Waals surface area contributed by atoms with Crippen LogP contribution in [0.4, 0.5) is 15.8 Å². The Bertz CT molecular complexity index is 1010. The second kappa shape index (κ2) is 6.47. The number of anilines is 2. The molecule has 0 bridgehead atoms. The number of hydrogen-bond acceptors (Lipinski definition) is 4. The lowest BCUT2D eigenvalue weighted by atomic mass is 10.3. The molecule has 2 aromatic rings. The van der Waals surface area contributed by atoms with Gasteiger partial charge in [0.1, 0.15) is 5.82 Å². The molecule has 6 nitrogen and oxygen atoms in total. The maximum Gasteiger partial charge on any atom is 0.261 e. The lowest BCUT2D eigenvalue weighted by Crippen LogP contribution is -2.25. The van der Waals surface area contributed by atoms with Crippen molar-refractivity contribution in [2.45, 2.75) is 11.3 Å². The predicted octanol–water partition coefficient (Wildman–Crippen LogP) is 2.82. The molecule has 0 aromatic heterocycles. The Kier molecular flexibility index (Phi) is 4.65. The third-order valence-corrected chi connectivity index (χ3v) is 7.27. The second-order valence-corrected chi connectivity index (χ2v) is 9.57. The quantitative estimate of drug-likeness (QED) is 0.849. The van der Waals surface area contributed by atoms with Crippen LogP contribution in [0.1, 0.15) is 6.42 Å². The Morgan fingerprint density at radius 1 is 1.12 bits per heavy atom. The van der Waals surface area contributed by atoms with Crippen LogP contribution < -0.4 is 9.03 Å². The van der Waals surface area contributed by atoms with Gasteiger partial charge in [-0.2, -0.15) is 0 Å². The van der Waals surface area contributed by atoms with Crippen molar-refractivity contribution in [3.05, 3.63) is 53.3 Å². The van der Waals surface area contributed by atoms with E-state index in [0.29, 0.717) is 18.7 Å². The van der Waals surface area contributed by atoms with Crippen LogP contribution in [0.3, 0.4) is 0 Å². The monoisotopic (exact) mass is 404 g/mol. The summed E-state index contributed by atoms with van der Waals surface area (Å²) >= 11 is 6.11. The highest BCUT2D eigenvalue weighted by molar-refractivity contribution is 7.93. The van der Waals surface area contributed by atoms with E-state index in [1.165, 1.54) is 22.5 Å². The largest absolute Gasteiger partial charge is 0.278 e. The van der Waals surface area contributed by atoms with E-state index in [2.05, 4.69) is 4.72 Å². The number of rotatable bonds is 4. The van der Waals surface area contributed by atoms with Crippen molar-refractivity contribution < 1.29 is 21.2 Å². The Balaban J connectivity index is 1.88. The molecule has 2 aromatic carbocycles. The Hall–Kier alpha value is -1.84. The fourth-order valence-electron chi connectivity index (χ4n) is 2.49. The minimum absolute atomic E-state index is 0.0605. The molecule has 25 heavy (non-hydrogen) atoms. The maximum atomic E-state index is 12.9. The zero-order valence-electron chi connectivity index (χ0n) is 12.8. The van der Waals surface area contributed by atoms with E-state index >= 15 is 0 Å². The third-order valence-electron chi connectivity index (χ3n) is 3.71. The van der Waals surface area contributed by atoms with Crippen molar-refractivity contribution >= 4 is 43.0 Å². The van der Waals surface area contributed by atoms with Crippen LogP contribution in [-0.2, 0) is 20.0 Å². The highest BCUT2D eigenvalue weighted by atomic mass is 35.5. The van der Waals surface area contributed by atoms with E-state index in [1.807, 2.05) is 0 Å². The zero-order chi connectivity index (χ0) is 18.2. The number of halogens is 2. The van der Waals surface area contributed by atoms with Crippen LogP contribution in [0, 0.1) is 5.82 Å². The van der Waals surface area contributed by atoms with E-state index in [1.54, 1.807) is 0 Å². The van der Waals surface area contributed by atoms with Crippen molar-refractivity contribution in [1.82, 2.24) is 0 Å². The Labute approximate surface area is 150 Å². The van der Waals surface area contributed by atoms with Crippen LogP contribution in [0.15, 0.2) is 47.4 Å². The average molecular weight is 405 g/mol. The van der Waals surface area contributed by atoms with Gasteiger partial charge in [0.2, 0.25) is 10.0 Å². The van der Waals surface area contributed by atoms with Gasteiger partial charge in [0.05, 0.1) is 27.0 Å². The first-order valence-electron chi connectivity index (χ1n) is 7.27. The standard InChI is InChI=1S/C15H14ClFN2O4S2/c16-14-10-12(19-8-1-9-24(19,20)21)4-7-15(14)18-25(22,23)13-5-2-11(17)3-6-13/h2-7,10,18H,1,8-9H2. The molecule has 1 N–H and O–H groups in total. The van der Waals surface area contributed by atoms with Gasteiger partial charge in [-0.05, 0) is 48.9 Å². The third kappa shape index (κ3) is 3.73. The van der Waals surface area contributed by atoms with Gasteiger partial charge in [-0.1, -0.05) is 11.6 Å². The molecule has 1 aliphatic rings. The van der Waals surface area contributed by atoms with E-state index in [0.717, 1.165) is 24.3 Å². The number of hydrogen-bond donors (Lipinski definition) is 1. The molecule has 0 unspecified atom stereocenters. The number of benzene rings is 2. The molecular formula is C15H14ClFN2O4S2. The van der Waals surface area contributed by atoms with E-state index < -0.39 is 25.9 Å². The molecule has 1 aliphatic heterocycles. The lowest BCUT2D eigenvalue weighted by molar-refractivity contribution is 0.597. The van der Waals surface area contributed by atoms with E-state index in [9.17, 15) is 21.2 Å². The van der Waals surface area contributed by atoms with Gasteiger partial charge in [0.15, 0.2) is 0 Å². The van der Waals surface area contributed by atoms with E-state index in [4.69, 9.17) is 11.6 Å². The molecule has 0 aliphatic carbocycles. The molecule has 10 heteroatoms. The molecule has 0 amide bonds. The Morgan fingerprint density at radius 2 is 1.80 bits per heavy atom. The smallest absolute Gasteiger partial charge is 0.261 e. The van der Waals surface area contributed by atoms with Gasteiger partial charge in [-0.25, -0.2) is 21.2 Å². The fraction of sp³-hybridized carbons (Fsp3) is 0.200. The minimum Gasteiger partial charge on any atom is -0.278 e. The van der Waals surface area contributed by atoms with Crippen LogP contribution in [0.25, 0.3) is 0 Å². The van der Waals surface area contributed by atoms with Gasteiger partial charge in [-0.3, -0.25) is 9.03 Å². The van der Waals surface area contributed by atoms with Crippen molar-refractivity contribution in [3.63, 3.8) is 0 Å². The molecule has 0 atom stereocenters. The first kappa shape index (κ1) is 18.0. The summed E-state index contributed by atoms with van der Waals surface area (Å²) < 4.78 is 65.0. The SMILES string of the molecule is O=S(=O)(Nc1ccc(N2CCCS2(=O)=O)cc1Cl)c1ccc(F)cc1. The van der Waals surface area contributed by atoms with E-state index in [-0.39, 0.29) is 21.4 Å². The van der Waals surface area contributed by atoms with Crippen LogP contribution in [0.2, 0.25) is 5.02 Å². The second-order valence-electron chi connectivity index (χ2n) is 5.47. The molecule has 0 radical (unpaired) electrons. The van der Waals surface area contributed by atoms with Gasteiger partial charge in [-0.15, -0.1) is 0 Å². The number of sulfonamides is 2. The average Bonchev–Trinajstić information content (AvgIpc) is 2.89. The summed E-state index contributed by atoms with van der Waals surface area (Å²) in [5, 5.41) is 0.0605. The lowest BCUT2D eigenvalue weighted by Gasteiger charge is -2.18. The van der Waals surface area contributed by atoms with Crippen LogP contribution in [-0.4, -0.2) is 29.1 Å². The van der Waals surface area contributed by atoms with Gasteiger partial charge >= 0.3 is 0 Å². The summed E-state index contributed by atoms with van der Waals surface area (Å²) in [6.07, 6.45) is 0.527. The van der Waals surface area contributed by atoms with Crippen LogP contribution >= 0.6 is 11.6 Å². The zero-order valence-corrected chi connectivity index (χ0v) is 15.2. The summed E-state index contributed by atoms with van der Waals surface area (Å²) in [7, 11) is -7.29. The Morgan fingerprint density at radius 3 is 2.36 bits per heavy atom.